The first-order chi connectivity index (χ1) is 9.10. The minimum atomic E-state index is -0.125. The molecule has 2 heterocycles. The van der Waals surface area contributed by atoms with Gasteiger partial charge in [0.05, 0.1) is 12.0 Å². The zero-order valence-corrected chi connectivity index (χ0v) is 10.7. The number of nitrogen functional groups attached to an aromatic ring is 1. The second kappa shape index (κ2) is 5.30. The summed E-state index contributed by atoms with van der Waals surface area (Å²) in [7, 11) is 1.81. The third kappa shape index (κ3) is 2.95. The number of nitrogens with two attached hydrogens (primary N) is 1. The SMILES string of the molecule is CC(C#N)CN(C)c1nc(N)nc(-n2ccnc2)n1. The number of nitriles is 1. The lowest BCUT2D eigenvalue weighted by atomic mass is 10.2. The number of hydrogen-bond acceptors (Lipinski definition) is 7. The molecule has 0 fully saturated rings. The molecular formula is C11H14N8. The van der Waals surface area contributed by atoms with E-state index >= 15 is 0 Å². The van der Waals surface area contributed by atoms with E-state index in [9.17, 15) is 0 Å². The average Bonchev–Trinajstić information content (AvgIpc) is 2.91. The molecule has 0 amide bonds. The second-order valence-electron chi connectivity index (χ2n) is 4.17. The molecule has 2 rings (SSSR count). The Bertz CT molecular complexity index is 585. The van der Waals surface area contributed by atoms with Crippen LogP contribution >= 0.6 is 0 Å². The van der Waals surface area contributed by atoms with Crippen molar-refractivity contribution in [2.45, 2.75) is 6.92 Å². The fourth-order valence-electron chi connectivity index (χ4n) is 1.57. The lowest BCUT2D eigenvalue weighted by Gasteiger charge is -2.18. The zero-order chi connectivity index (χ0) is 13.8. The zero-order valence-electron chi connectivity index (χ0n) is 10.7. The Labute approximate surface area is 110 Å². The molecule has 8 nitrogen and oxygen atoms in total. The van der Waals surface area contributed by atoms with Crippen molar-refractivity contribution in [3.05, 3.63) is 18.7 Å². The summed E-state index contributed by atoms with van der Waals surface area (Å²) >= 11 is 0. The smallest absolute Gasteiger partial charge is 0.241 e. The van der Waals surface area contributed by atoms with E-state index in [0.717, 1.165) is 0 Å². The summed E-state index contributed by atoms with van der Waals surface area (Å²) in [6.07, 6.45) is 4.92. The number of anilines is 2. The second-order valence-corrected chi connectivity index (χ2v) is 4.17. The van der Waals surface area contributed by atoms with Crippen LogP contribution in [0.15, 0.2) is 18.7 Å². The molecule has 0 saturated carbocycles. The van der Waals surface area contributed by atoms with E-state index in [-0.39, 0.29) is 11.9 Å². The molecule has 2 N–H and O–H groups in total. The molecule has 0 spiro atoms. The van der Waals surface area contributed by atoms with E-state index in [0.29, 0.717) is 18.4 Å². The third-order valence-corrected chi connectivity index (χ3v) is 2.47. The van der Waals surface area contributed by atoms with Gasteiger partial charge in [-0.1, -0.05) is 0 Å². The van der Waals surface area contributed by atoms with Gasteiger partial charge < -0.3 is 10.6 Å². The minimum Gasteiger partial charge on any atom is -0.368 e. The summed E-state index contributed by atoms with van der Waals surface area (Å²) in [5.41, 5.74) is 5.68. The molecule has 0 aliphatic heterocycles. The van der Waals surface area contributed by atoms with E-state index < -0.39 is 0 Å². The minimum absolute atomic E-state index is 0.125. The van der Waals surface area contributed by atoms with E-state index in [4.69, 9.17) is 11.0 Å². The molecule has 0 aliphatic rings. The van der Waals surface area contributed by atoms with Crippen LogP contribution in [0.1, 0.15) is 6.92 Å². The molecule has 8 heteroatoms. The average molecular weight is 258 g/mol. The molecule has 1 atom stereocenters. The summed E-state index contributed by atoms with van der Waals surface area (Å²) in [6.45, 7) is 2.35. The van der Waals surface area contributed by atoms with Gasteiger partial charge in [-0.2, -0.15) is 20.2 Å². The van der Waals surface area contributed by atoms with Crippen LogP contribution < -0.4 is 10.6 Å². The quantitative estimate of drug-likeness (QED) is 0.836. The highest BCUT2D eigenvalue weighted by atomic mass is 15.3. The topological polar surface area (TPSA) is 110 Å². The molecule has 0 radical (unpaired) electrons. The number of aromatic nitrogens is 5. The summed E-state index contributed by atoms with van der Waals surface area (Å²) in [4.78, 5) is 18.1. The fraction of sp³-hybridized carbons (Fsp3) is 0.364. The van der Waals surface area contributed by atoms with Crippen molar-refractivity contribution in [3.63, 3.8) is 0 Å². The highest BCUT2D eigenvalue weighted by Gasteiger charge is 2.12. The molecule has 98 valence electrons. The largest absolute Gasteiger partial charge is 0.368 e. The van der Waals surface area contributed by atoms with E-state index in [1.807, 2.05) is 6.92 Å². The van der Waals surface area contributed by atoms with Crippen LogP contribution in [0.5, 0.6) is 0 Å². The van der Waals surface area contributed by atoms with Gasteiger partial charge in [-0.05, 0) is 6.92 Å². The van der Waals surface area contributed by atoms with E-state index in [1.165, 1.54) is 0 Å². The van der Waals surface area contributed by atoms with Crippen molar-refractivity contribution in [1.82, 2.24) is 24.5 Å². The van der Waals surface area contributed by atoms with Crippen LogP contribution in [0.4, 0.5) is 11.9 Å². The van der Waals surface area contributed by atoms with Crippen LogP contribution in [-0.4, -0.2) is 38.1 Å². The Balaban J connectivity index is 2.29. The van der Waals surface area contributed by atoms with Gasteiger partial charge in [0.25, 0.3) is 0 Å². The number of hydrogen-bond donors (Lipinski definition) is 1. The Morgan fingerprint density at radius 3 is 2.89 bits per heavy atom. The Morgan fingerprint density at radius 2 is 2.26 bits per heavy atom. The molecule has 0 aromatic carbocycles. The van der Waals surface area contributed by atoms with E-state index in [2.05, 4.69) is 26.0 Å². The van der Waals surface area contributed by atoms with Gasteiger partial charge in [-0.25, -0.2) is 4.98 Å². The fourth-order valence-corrected chi connectivity index (χ4v) is 1.57. The number of nitrogens with zero attached hydrogens (tertiary/aromatic N) is 7. The van der Waals surface area contributed by atoms with Crippen molar-refractivity contribution in [1.29, 1.82) is 5.26 Å². The monoisotopic (exact) mass is 258 g/mol. The van der Waals surface area contributed by atoms with Gasteiger partial charge in [-0.3, -0.25) is 4.57 Å². The molecule has 0 saturated heterocycles. The number of imidazole rings is 1. The van der Waals surface area contributed by atoms with Crippen LogP contribution in [0, 0.1) is 17.2 Å². The normalized spacial score (nSPS) is 11.8. The number of rotatable bonds is 4. The van der Waals surface area contributed by atoms with Gasteiger partial charge in [-0.15, -0.1) is 0 Å². The summed E-state index contributed by atoms with van der Waals surface area (Å²) < 4.78 is 1.64. The summed E-state index contributed by atoms with van der Waals surface area (Å²) in [5, 5.41) is 8.82. The van der Waals surface area contributed by atoms with Crippen molar-refractivity contribution >= 4 is 11.9 Å². The van der Waals surface area contributed by atoms with Gasteiger partial charge in [0.1, 0.15) is 6.33 Å². The van der Waals surface area contributed by atoms with Crippen LogP contribution in [0.3, 0.4) is 0 Å². The first-order valence-corrected chi connectivity index (χ1v) is 5.70. The van der Waals surface area contributed by atoms with Crippen molar-refractivity contribution in [2.24, 2.45) is 5.92 Å². The van der Waals surface area contributed by atoms with Gasteiger partial charge >= 0.3 is 0 Å². The third-order valence-electron chi connectivity index (χ3n) is 2.47. The van der Waals surface area contributed by atoms with Crippen LogP contribution in [0.25, 0.3) is 5.95 Å². The van der Waals surface area contributed by atoms with Gasteiger partial charge in [0.15, 0.2) is 0 Å². The molecule has 0 aliphatic carbocycles. The maximum atomic E-state index is 8.82. The molecule has 0 bridgehead atoms. The standard InChI is InChI=1S/C11H14N8/c1-8(5-12)6-18(2)10-15-9(13)16-11(17-10)19-4-3-14-7-19/h3-4,7-8H,6H2,1-2H3,(H2,13,15,16,17). The Morgan fingerprint density at radius 1 is 1.47 bits per heavy atom. The molecule has 2 aromatic heterocycles. The maximum Gasteiger partial charge on any atom is 0.241 e. The molecule has 19 heavy (non-hydrogen) atoms. The van der Waals surface area contributed by atoms with Crippen LogP contribution in [-0.2, 0) is 0 Å². The van der Waals surface area contributed by atoms with Crippen molar-refractivity contribution in [2.75, 3.05) is 24.2 Å². The predicted molar refractivity (Wildman–Crippen MR) is 69.4 cm³/mol. The van der Waals surface area contributed by atoms with Gasteiger partial charge in [0, 0.05) is 26.0 Å². The van der Waals surface area contributed by atoms with Gasteiger partial charge in [0.2, 0.25) is 17.8 Å². The van der Waals surface area contributed by atoms with Crippen molar-refractivity contribution in [3.8, 4) is 12.0 Å². The first-order valence-electron chi connectivity index (χ1n) is 5.70. The maximum absolute atomic E-state index is 8.82. The molecule has 2 aromatic rings. The Hall–Kier alpha value is -2.69. The summed E-state index contributed by atoms with van der Waals surface area (Å²) in [6, 6.07) is 2.16. The lowest BCUT2D eigenvalue weighted by molar-refractivity contribution is 0.698. The Kier molecular flexibility index (Phi) is 3.56. The summed E-state index contributed by atoms with van der Waals surface area (Å²) in [5.74, 6) is 0.833. The van der Waals surface area contributed by atoms with Crippen molar-refractivity contribution < 1.29 is 0 Å². The van der Waals surface area contributed by atoms with E-state index in [1.54, 1.807) is 35.2 Å². The van der Waals surface area contributed by atoms with Crippen LogP contribution in [0.2, 0.25) is 0 Å². The molecule has 1 unspecified atom stereocenters. The molecular weight excluding hydrogens is 244 g/mol. The first kappa shape index (κ1) is 12.8. The lowest BCUT2D eigenvalue weighted by Crippen LogP contribution is -2.26. The highest BCUT2D eigenvalue weighted by Crippen LogP contribution is 2.11. The highest BCUT2D eigenvalue weighted by molar-refractivity contribution is 5.37. The predicted octanol–water partition coefficient (Wildman–Crippen LogP) is 0.235.